The lowest BCUT2D eigenvalue weighted by Crippen LogP contribution is -2.35. The minimum Gasteiger partial charge on any atom is -0.491 e. The third-order valence-electron chi connectivity index (χ3n) is 6.86. The standard InChI is InChI=1S/C31H36N2O8S/c1-31(2)39-21-25-18-24(9-12-28(25)41-31)29-19-33(30(34)40-29)14-13-22-7-10-27(11-8-22)38-16-15-37-20-23-5-4-6-26(17-23)32-42(3,35)36/h4-12,17-18,29,32H,13-16,19-21H2,1-3H3. The Morgan fingerprint density at radius 1 is 1.02 bits per heavy atom. The maximum absolute atomic E-state index is 12.5. The number of ether oxygens (including phenoxy) is 5. The molecule has 1 unspecified atom stereocenters. The fourth-order valence-electron chi connectivity index (χ4n) is 4.79. The van der Waals surface area contributed by atoms with Gasteiger partial charge in [-0.1, -0.05) is 30.3 Å². The van der Waals surface area contributed by atoms with E-state index in [0.717, 1.165) is 40.0 Å². The quantitative estimate of drug-likeness (QED) is 0.290. The Morgan fingerprint density at radius 3 is 2.62 bits per heavy atom. The number of nitrogens with one attached hydrogen (secondary N) is 1. The highest BCUT2D eigenvalue weighted by molar-refractivity contribution is 7.92. The average Bonchev–Trinajstić information content (AvgIpc) is 3.31. The van der Waals surface area contributed by atoms with Crippen molar-refractivity contribution < 1.29 is 36.9 Å². The molecule has 5 rings (SSSR count). The van der Waals surface area contributed by atoms with Crippen LogP contribution in [-0.2, 0) is 43.9 Å². The largest absolute Gasteiger partial charge is 0.491 e. The van der Waals surface area contributed by atoms with Gasteiger partial charge in [0.15, 0.2) is 0 Å². The van der Waals surface area contributed by atoms with Gasteiger partial charge in [-0.25, -0.2) is 13.2 Å². The van der Waals surface area contributed by atoms with Crippen molar-refractivity contribution >= 4 is 21.8 Å². The number of fused-ring (bicyclic) bond motifs is 1. The molecule has 1 N–H and O–H groups in total. The number of carbonyl (C=O) groups excluding carboxylic acids is 1. The van der Waals surface area contributed by atoms with E-state index in [0.29, 0.717) is 51.6 Å². The first kappa shape index (κ1) is 29.7. The number of hydrogen-bond donors (Lipinski definition) is 1. The van der Waals surface area contributed by atoms with Crippen molar-refractivity contribution in [2.75, 3.05) is 37.3 Å². The maximum Gasteiger partial charge on any atom is 0.410 e. The topological polar surface area (TPSA) is 113 Å². The van der Waals surface area contributed by atoms with Gasteiger partial charge in [-0.05, 0) is 59.5 Å². The number of anilines is 1. The molecule has 1 atom stereocenters. The van der Waals surface area contributed by atoms with Crippen LogP contribution in [0.25, 0.3) is 0 Å². The fourth-order valence-corrected chi connectivity index (χ4v) is 5.34. The molecule has 2 heterocycles. The van der Waals surface area contributed by atoms with Gasteiger partial charge in [0.2, 0.25) is 15.8 Å². The van der Waals surface area contributed by atoms with Gasteiger partial charge in [-0.15, -0.1) is 0 Å². The van der Waals surface area contributed by atoms with E-state index in [9.17, 15) is 13.2 Å². The number of hydrogen-bond acceptors (Lipinski definition) is 8. The highest BCUT2D eigenvalue weighted by Gasteiger charge is 2.33. The second-order valence-electron chi connectivity index (χ2n) is 10.8. The van der Waals surface area contributed by atoms with Crippen molar-refractivity contribution in [2.24, 2.45) is 0 Å². The molecule has 0 aromatic heterocycles. The zero-order valence-electron chi connectivity index (χ0n) is 24.0. The molecule has 1 saturated heterocycles. The van der Waals surface area contributed by atoms with Gasteiger partial charge in [0.25, 0.3) is 0 Å². The molecule has 1 fully saturated rings. The number of amides is 1. The van der Waals surface area contributed by atoms with Crippen LogP contribution in [0.1, 0.15) is 42.2 Å². The van der Waals surface area contributed by atoms with Crippen molar-refractivity contribution in [1.82, 2.24) is 4.90 Å². The molecule has 0 saturated carbocycles. The van der Waals surface area contributed by atoms with E-state index in [1.807, 2.05) is 62.4 Å². The van der Waals surface area contributed by atoms with E-state index < -0.39 is 15.8 Å². The first-order chi connectivity index (χ1) is 20.0. The lowest BCUT2D eigenvalue weighted by Gasteiger charge is -2.32. The van der Waals surface area contributed by atoms with Gasteiger partial charge >= 0.3 is 6.09 Å². The smallest absolute Gasteiger partial charge is 0.410 e. The van der Waals surface area contributed by atoms with Gasteiger partial charge in [-0.2, -0.15) is 0 Å². The Hall–Kier alpha value is -3.80. The molecule has 2 aliphatic heterocycles. The van der Waals surface area contributed by atoms with E-state index in [4.69, 9.17) is 23.7 Å². The molecule has 11 heteroatoms. The number of cyclic esters (lactones) is 1. The molecule has 3 aromatic rings. The Bertz CT molecular complexity index is 1510. The molecule has 3 aromatic carbocycles. The fraction of sp³-hybridized carbons (Fsp3) is 0.387. The number of benzene rings is 3. The van der Waals surface area contributed by atoms with Crippen LogP contribution >= 0.6 is 0 Å². The second-order valence-corrected chi connectivity index (χ2v) is 12.6. The third-order valence-corrected chi connectivity index (χ3v) is 7.47. The van der Waals surface area contributed by atoms with Crippen LogP contribution in [-0.4, -0.2) is 57.8 Å². The number of carbonyl (C=O) groups is 1. The lowest BCUT2D eigenvalue weighted by molar-refractivity contribution is -0.180. The minimum atomic E-state index is -3.33. The maximum atomic E-state index is 12.5. The van der Waals surface area contributed by atoms with Crippen LogP contribution in [0.2, 0.25) is 0 Å². The molecule has 0 bridgehead atoms. The summed E-state index contributed by atoms with van der Waals surface area (Å²) in [7, 11) is -3.33. The summed E-state index contributed by atoms with van der Waals surface area (Å²) in [5, 5.41) is 0. The monoisotopic (exact) mass is 596 g/mol. The van der Waals surface area contributed by atoms with Crippen molar-refractivity contribution in [3.63, 3.8) is 0 Å². The minimum absolute atomic E-state index is 0.315. The van der Waals surface area contributed by atoms with E-state index in [2.05, 4.69) is 4.72 Å². The molecule has 42 heavy (non-hydrogen) atoms. The van der Waals surface area contributed by atoms with E-state index in [1.54, 1.807) is 23.1 Å². The summed E-state index contributed by atoms with van der Waals surface area (Å²) in [6.45, 7) is 6.36. The highest BCUT2D eigenvalue weighted by Crippen LogP contribution is 2.35. The molecule has 10 nitrogen and oxygen atoms in total. The van der Waals surface area contributed by atoms with Crippen LogP contribution in [0.15, 0.2) is 66.7 Å². The molecular weight excluding hydrogens is 560 g/mol. The van der Waals surface area contributed by atoms with Crippen molar-refractivity contribution in [2.45, 2.75) is 45.4 Å². The summed E-state index contributed by atoms with van der Waals surface area (Å²) in [6.07, 6.45) is 1.16. The predicted octanol–water partition coefficient (Wildman–Crippen LogP) is 5.03. The molecule has 0 aliphatic carbocycles. The molecule has 2 aliphatic rings. The molecule has 1 amide bonds. The summed E-state index contributed by atoms with van der Waals surface area (Å²) < 4.78 is 54.0. The van der Waals surface area contributed by atoms with Crippen molar-refractivity contribution in [1.29, 1.82) is 0 Å². The summed E-state index contributed by atoms with van der Waals surface area (Å²) >= 11 is 0. The van der Waals surface area contributed by atoms with Gasteiger partial charge in [0.05, 0.1) is 32.6 Å². The molecule has 0 radical (unpaired) electrons. The first-order valence-corrected chi connectivity index (χ1v) is 15.7. The van der Waals surface area contributed by atoms with Gasteiger partial charge in [0.1, 0.15) is 24.2 Å². The highest BCUT2D eigenvalue weighted by atomic mass is 32.2. The Kier molecular flexibility index (Phi) is 8.91. The Balaban J connectivity index is 1.03. The zero-order chi connectivity index (χ0) is 29.7. The summed E-state index contributed by atoms with van der Waals surface area (Å²) in [6, 6.07) is 20.7. The number of nitrogens with zero attached hydrogens (tertiary/aromatic N) is 1. The summed E-state index contributed by atoms with van der Waals surface area (Å²) in [5.41, 5.74) is 4.32. The third kappa shape index (κ3) is 8.15. The van der Waals surface area contributed by atoms with E-state index >= 15 is 0 Å². The van der Waals surface area contributed by atoms with Gasteiger partial charge in [0, 0.05) is 31.6 Å². The first-order valence-electron chi connectivity index (χ1n) is 13.8. The van der Waals surface area contributed by atoms with Crippen LogP contribution in [0.5, 0.6) is 11.5 Å². The predicted molar refractivity (Wildman–Crippen MR) is 157 cm³/mol. The van der Waals surface area contributed by atoms with Crippen LogP contribution in [0, 0.1) is 0 Å². The SMILES string of the molecule is CC1(C)OCc2cc(C3CN(CCc4ccc(OCCOCc5cccc(NS(C)(=O)=O)c5)cc4)C(=O)O3)ccc2O1. The Morgan fingerprint density at radius 2 is 1.83 bits per heavy atom. The second kappa shape index (κ2) is 12.6. The van der Waals surface area contributed by atoms with Gasteiger partial charge < -0.3 is 28.6 Å². The van der Waals surface area contributed by atoms with E-state index in [1.165, 1.54) is 0 Å². The van der Waals surface area contributed by atoms with Crippen LogP contribution in [0.4, 0.5) is 10.5 Å². The average molecular weight is 597 g/mol. The number of rotatable bonds is 12. The molecule has 0 spiro atoms. The number of sulfonamides is 1. The lowest BCUT2D eigenvalue weighted by atomic mass is 10.0. The summed E-state index contributed by atoms with van der Waals surface area (Å²) in [5.74, 6) is 0.871. The normalized spacial score (nSPS) is 17.7. The van der Waals surface area contributed by atoms with Crippen LogP contribution < -0.4 is 14.2 Å². The molecular formula is C31H36N2O8S. The zero-order valence-corrected chi connectivity index (χ0v) is 24.8. The van der Waals surface area contributed by atoms with E-state index in [-0.39, 0.29) is 12.2 Å². The summed E-state index contributed by atoms with van der Waals surface area (Å²) in [4.78, 5) is 14.3. The van der Waals surface area contributed by atoms with Gasteiger partial charge in [-0.3, -0.25) is 4.72 Å². The van der Waals surface area contributed by atoms with Crippen molar-refractivity contribution in [3.05, 3.63) is 89.0 Å². The Labute approximate surface area is 246 Å². The van der Waals surface area contributed by atoms with Crippen molar-refractivity contribution in [3.8, 4) is 11.5 Å². The molecule has 224 valence electrons. The van der Waals surface area contributed by atoms with Crippen LogP contribution in [0.3, 0.4) is 0 Å².